The van der Waals surface area contributed by atoms with E-state index in [0.717, 1.165) is 42.2 Å². The zero-order valence-corrected chi connectivity index (χ0v) is 14.5. The number of piperidine rings is 1. The Morgan fingerprint density at radius 3 is 2.76 bits per heavy atom. The van der Waals surface area contributed by atoms with E-state index < -0.39 is 0 Å². The molecule has 25 heavy (non-hydrogen) atoms. The Bertz CT molecular complexity index is 885. The normalized spacial score (nSPS) is 18.7. The molecule has 0 bridgehead atoms. The Balaban J connectivity index is 1.79. The monoisotopic (exact) mass is 338 g/mol. The van der Waals surface area contributed by atoms with E-state index in [0.29, 0.717) is 11.6 Å². The van der Waals surface area contributed by atoms with Gasteiger partial charge in [-0.1, -0.05) is 6.92 Å². The molecule has 4 nitrogen and oxygen atoms in total. The molecule has 1 aliphatic rings. The van der Waals surface area contributed by atoms with Gasteiger partial charge in [0, 0.05) is 30.5 Å². The molecule has 0 saturated carbocycles. The summed E-state index contributed by atoms with van der Waals surface area (Å²) in [5.41, 5.74) is 10.5. The molecule has 3 heterocycles. The van der Waals surface area contributed by atoms with Crippen molar-refractivity contribution in [2.45, 2.75) is 26.3 Å². The minimum Gasteiger partial charge on any atom is -0.398 e. The van der Waals surface area contributed by atoms with Gasteiger partial charge in [-0.05, 0) is 61.7 Å². The average molecular weight is 338 g/mol. The van der Waals surface area contributed by atoms with Crippen LogP contribution >= 0.6 is 0 Å². The number of fused-ring (bicyclic) bond motifs is 1. The average Bonchev–Trinajstić information content (AvgIpc) is 2.93. The Labute approximate surface area is 147 Å². The van der Waals surface area contributed by atoms with Crippen molar-refractivity contribution >= 4 is 11.3 Å². The lowest BCUT2D eigenvalue weighted by atomic mass is 10.00. The Morgan fingerprint density at radius 2 is 2.00 bits per heavy atom. The lowest BCUT2D eigenvalue weighted by Gasteiger charge is -2.30. The third-order valence-corrected chi connectivity index (χ3v) is 4.97. The summed E-state index contributed by atoms with van der Waals surface area (Å²) < 4.78 is 15.4. The second kappa shape index (κ2) is 6.48. The van der Waals surface area contributed by atoms with Gasteiger partial charge < -0.3 is 10.1 Å². The van der Waals surface area contributed by atoms with Crippen molar-refractivity contribution in [3.05, 3.63) is 54.1 Å². The fourth-order valence-electron chi connectivity index (χ4n) is 3.74. The molecular weight excluding hydrogens is 315 g/mol. The van der Waals surface area contributed by atoms with E-state index in [1.54, 1.807) is 12.1 Å². The first-order chi connectivity index (χ1) is 12.1. The summed E-state index contributed by atoms with van der Waals surface area (Å²) in [4.78, 5) is 7.28. The predicted octanol–water partition coefficient (Wildman–Crippen LogP) is 3.95. The van der Waals surface area contributed by atoms with Gasteiger partial charge >= 0.3 is 0 Å². The zero-order chi connectivity index (χ0) is 17.4. The van der Waals surface area contributed by atoms with E-state index in [9.17, 15) is 4.39 Å². The van der Waals surface area contributed by atoms with Crippen LogP contribution in [0.4, 0.5) is 10.1 Å². The number of benzene rings is 1. The van der Waals surface area contributed by atoms with Gasteiger partial charge in [-0.2, -0.15) is 0 Å². The number of nitrogens with zero attached hydrogens (tertiary/aromatic N) is 3. The fraction of sp³-hybridized carbons (Fsp3) is 0.350. The van der Waals surface area contributed by atoms with Crippen LogP contribution in [0.25, 0.3) is 16.9 Å². The first kappa shape index (κ1) is 16.1. The Kier molecular flexibility index (Phi) is 4.17. The molecule has 1 fully saturated rings. The number of nitrogen functional groups attached to an aromatic ring is 1. The number of hydrogen-bond donors (Lipinski definition) is 1. The van der Waals surface area contributed by atoms with Gasteiger partial charge in [0.05, 0.1) is 11.4 Å². The van der Waals surface area contributed by atoms with Crippen molar-refractivity contribution < 1.29 is 4.39 Å². The Hall–Kier alpha value is -2.40. The number of halogens is 1. The summed E-state index contributed by atoms with van der Waals surface area (Å²) in [5.74, 6) is 0.482. The van der Waals surface area contributed by atoms with Gasteiger partial charge in [0.1, 0.15) is 11.5 Å². The van der Waals surface area contributed by atoms with E-state index in [-0.39, 0.29) is 5.82 Å². The molecule has 1 saturated heterocycles. The summed E-state index contributed by atoms with van der Waals surface area (Å²) in [6, 6.07) is 10.4. The lowest BCUT2D eigenvalue weighted by Crippen LogP contribution is -2.34. The molecule has 3 aromatic rings. The minimum atomic E-state index is -0.233. The highest BCUT2D eigenvalue weighted by Crippen LogP contribution is 2.28. The standard InChI is InChI=1S/C20H23FN4/c1-14-3-2-10-24(11-14)13-18-20(15-4-6-16(21)7-5-15)23-19-9-8-17(22)12-25(18)19/h4-9,12,14H,2-3,10-11,13,22H2,1H3. The maximum atomic E-state index is 13.3. The van der Waals surface area contributed by atoms with Crippen LogP contribution in [0.1, 0.15) is 25.5 Å². The summed E-state index contributed by atoms with van der Waals surface area (Å²) in [5, 5.41) is 0. The first-order valence-corrected chi connectivity index (χ1v) is 8.85. The lowest BCUT2D eigenvalue weighted by molar-refractivity contribution is 0.174. The van der Waals surface area contributed by atoms with Crippen LogP contribution in [-0.2, 0) is 6.54 Å². The van der Waals surface area contributed by atoms with Crippen molar-refractivity contribution in [3.63, 3.8) is 0 Å². The topological polar surface area (TPSA) is 46.6 Å². The number of imidazole rings is 1. The quantitative estimate of drug-likeness (QED) is 0.786. The molecular formula is C20H23FN4. The van der Waals surface area contributed by atoms with Gasteiger partial charge in [-0.15, -0.1) is 0 Å². The molecule has 130 valence electrons. The number of rotatable bonds is 3. The molecule has 2 N–H and O–H groups in total. The molecule has 2 aromatic heterocycles. The van der Waals surface area contributed by atoms with Crippen molar-refractivity contribution in [1.29, 1.82) is 0 Å². The van der Waals surface area contributed by atoms with Crippen LogP contribution in [0, 0.1) is 11.7 Å². The number of pyridine rings is 1. The van der Waals surface area contributed by atoms with E-state index in [1.165, 1.54) is 25.0 Å². The molecule has 0 amide bonds. The van der Waals surface area contributed by atoms with Gasteiger partial charge in [-0.3, -0.25) is 4.90 Å². The largest absolute Gasteiger partial charge is 0.398 e. The summed E-state index contributed by atoms with van der Waals surface area (Å²) in [6.45, 7) is 5.32. The molecule has 0 aliphatic carbocycles. The Morgan fingerprint density at radius 1 is 1.20 bits per heavy atom. The third kappa shape index (κ3) is 3.24. The van der Waals surface area contributed by atoms with Gasteiger partial charge in [0.2, 0.25) is 0 Å². The van der Waals surface area contributed by atoms with Crippen LogP contribution in [0.3, 0.4) is 0 Å². The van der Waals surface area contributed by atoms with Crippen LogP contribution < -0.4 is 5.73 Å². The van der Waals surface area contributed by atoms with Gasteiger partial charge in [0.25, 0.3) is 0 Å². The molecule has 1 aliphatic heterocycles. The zero-order valence-electron chi connectivity index (χ0n) is 14.5. The van der Waals surface area contributed by atoms with Crippen molar-refractivity contribution in [3.8, 4) is 11.3 Å². The second-order valence-electron chi connectivity index (χ2n) is 7.09. The molecule has 4 rings (SSSR count). The first-order valence-electron chi connectivity index (χ1n) is 8.85. The highest BCUT2D eigenvalue weighted by Gasteiger charge is 2.21. The molecule has 5 heteroatoms. The van der Waals surface area contributed by atoms with E-state index in [4.69, 9.17) is 10.7 Å². The smallest absolute Gasteiger partial charge is 0.137 e. The van der Waals surface area contributed by atoms with Crippen LogP contribution in [-0.4, -0.2) is 27.4 Å². The molecule has 1 unspecified atom stereocenters. The molecule has 0 radical (unpaired) electrons. The number of hydrogen-bond acceptors (Lipinski definition) is 3. The minimum absolute atomic E-state index is 0.233. The van der Waals surface area contributed by atoms with Crippen LogP contribution in [0.15, 0.2) is 42.6 Å². The van der Waals surface area contributed by atoms with E-state index >= 15 is 0 Å². The van der Waals surface area contributed by atoms with Gasteiger partial charge in [-0.25, -0.2) is 9.37 Å². The third-order valence-electron chi connectivity index (χ3n) is 4.97. The van der Waals surface area contributed by atoms with Gasteiger partial charge in [0.15, 0.2) is 0 Å². The number of anilines is 1. The van der Waals surface area contributed by atoms with Crippen molar-refractivity contribution in [2.75, 3.05) is 18.8 Å². The SMILES string of the molecule is CC1CCCN(Cc2c(-c3ccc(F)cc3)nc3ccc(N)cn23)C1. The second-order valence-corrected chi connectivity index (χ2v) is 7.09. The maximum Gasteiger partial charge on any atom is 0.137 e. The number of likely N-dealkylation sites (tertiary alicyclic amines) is 1. The van der Waals surface area contributed by atoms with Crippen molar-refractivity contribution in [2.24, 2.45) is 5.92 Å². The molecule has 0 spiro atoms. The number of aromatic nitrogens is 2. The fourth-order valence-corrected chi connectivity index (χ4v) is 3.74. The highest BCUT2D eigenvalue weighted by molar-refractivity contribution is 5.67. The molecule has 1 aromatic carbocycles. The predicted molar refractivity (Wildman–Crippen MR) is 98.7 cm³/mol. The maximum absolute atomic E-state index is 13.3. The summed E-state index contributed by atoms with van der Waals surface area (Å²) >= 11 is 0. The molecule has 1 atom stereocenters. The number of nitrogens with two attached hydrogens (primary N) is 1. The summed E-state index contributed by atoms with van der Waals surface area (Å²) in [7, 11) is 0. The van der Waals surface area contributed by atoms with Crippen LogP contribution in [0.5, 0.6) is 0 Å². The van der Waals surface area contributed by atoms with E-state index in [2.05, 4.69) is 16.2 Å². The van der Waals surface area contributed by atoms with E-state index in [1.807, 2.05) is 18.3 Å². The summed E-state index contributed by atoms with van der Waals surface area (Å²) in [6.07, 6.45) is 4.45. The van der Waals surface area contributed by atoms with Crippen LogP contribution in [0.2, 0.25) is 0 Å². The van der Waals surface area contributed by atoms with Crippen molar-refractivity contribution in [1.82, 2.24) is 14.3 Å². The highest BCUT2D eigenvalue weighted by atomic mass is 19.1.